The van der Waals surface area contributed by atoms with E-state index < -0.39 is 0 Å². The molecule has 2 heteroatoms. The van der Waals surface area contributed by atoms with E-state index in [1.807, 2.05) is 6.92 Å². The van der Waals surface area contributed by atoms with E-state index in [4.69, 9.17) is 4.74 Å². The molecule has 0 radical (unpaired) electrons. The Balaban J connectivity index is 2.19. The highest BCUT2D eigenvalue weighted by Gasteiger charge is 2.23. The van der Waals surface area contributed by atoms with Crippen LogP contribution in [0.5, 0.6) is 0 Å². The second-order valence-electron chi connectivity index (χ2n) is 4.31. The molecule has 15 heavy (non-hydrogen) atoms. The fourth-order valence-electron chi connectivity index (χ4n) is 2.08. The van der Waals surface area contributed by atoms with Gasteiger partial charge in [-0.05, 0) is 37.5 Å². The third-order valence-electron chi connectivity index (χ3n) is 2.99. The minimum atomic E-state index is -0.0671. The second kappa shape index (κ2) is 6.65. The number of ether oxygens (including phenoxy) is 1. The van der Waals surface area contributed by atoms with E-state index in [1.54, 1.807) is 0 Å². The molecule has 0 aromatic rings. The minimum Gasteiger partial charge on any atom is -0.465 e. The molecule has 0 aliphatic heterocycles. The number of carbonyl (C=O) groups is 1. The lowest BCUT2D eigenvalue weighted by atomic mass is 10.0. The van der Waals surface area contributed by atoms with Gasteiger partial charge >= 0.3 is 5.97 Å². The molecule has 0 N–H and O–H groups in total. The first-order valence-corrected chi connectivity index (χ1v) is 6.08. The summed E-state index contributed by atoms with van der Waals surface area (Å²) in [6, 6.07) is 0. The van der Waals surface area contributed by atoms with E-state index in [1.165, 1.54) is 19.3 Å². The molecule has 1 aliphatic rings. The summed E-state index contributed by atoms with van der Waals surface area (Å²) >= 11 is 0. The lowest BCUT2D eigenvalue weighted by molar-refractivity contribution is -0.144. The van der Waals surface area contributed by atoms with Crippen molar-refractivity contribution in [1.29, 1.82) is 0 Å². The predicted octanol–water partition coefficient (Wildman–Crippen LogP) is 3.32. The van der Waals surface area contributed by atoms with Crippen LogP contribution in [0.25, 0.3) is 0 Å². The van der Waals surface area contributed by atoms with Crippen molar-refractivity contribution in [2.45, 2.75) is 46.0 Å². The van der Waals surface area contributed by atoms with Crippen LogP contribution in [0.15, 0.2) is 12.2 Å². The van der Waals surface area contributed by atoms with Gasteiger partial charge in [0.1, 0.15) is 0 Å². The molecule has 0 amide bonds. The Bertz CT molecular complexity index is 221. The summed E-state index contributed by atoms with van der Waals surface area (Å²) in [6.07, 6.45) is 9.82. The van der Waals surface area contributed by atoms with Crippen LogP contribution in [0.2, 0.25) is 0 Å². The van der Waals surface area contributed by atoms with Gasteiger partial charge in [0.05, 0.1) is 6.61 Å². The van der Waals surface area contributed by atoms with Gasteiger partial charge in [-0.25, -0.2) is 0 Å². The van der Waals surface area contributed by atoms with Gasteiger partial charge in [-0.3, -0.25) is 4.79 Å². The molecule has 0 spiro atoms. The van der Waals surface area contributed by atoms with E-state index in [9.17, 15) is 4.79 Å². The molecule has 1 rings (SSSR count). The molecule has 86 valence electrons. The van der Waals surface area contributed by atoms with Crippen LogP contribution < -0.4 is 0 Å². The summed E-state index contributed by atoms with van der Waals surface area (Å²) in [4.78, 5) is 11.0. The van der Waals surface area contributed by atoms with Crippen molar-refractivity contribution in [2.75, 3.05) is 6.61 Å². The number of esters is 1. The molecule has 0 aromatic heterocycles. The van der Waals surface area contributed by atoms with Gasteiger partial charge in [0, 0.05) is 6.42 Å². The van der Waals surface area contributed by atoms with E-state index >= 15 is 0 Å². The van der Waals surface area contributed by atoms with Gasteiger partial charge in [-0.15, -0.1) is 0 Å². The zero-order valence-corrected chi connectivity index (χ0v) is 9.87. The number of rotatable bonds is 5. The Morgan fingerprint density at radius 3 is 2.87 bits per heavy atom. The Morgan fingerprint density at radius 2 is 2.20 bits per heavy atom. The summed E-state index contributed by atoms with van der Waals surface area (Å²) in [5.41, 5.74) is 0. The van der Waals surface area contributed by atoms with Crippen molar-refractivity contribution in [3.8, 4) is 0 Å². The Labute approximate surface area is 92.7 Å². The number of hydrogen-bond acceptors (Lipinski definition) is 2. The average Bonchev–Trinajstić information content (AvgIpc) is 2.71. The first kappa shape index (κ1) is 12.3. The van der Waals surface area contributed by atoms with E-state index in [0.29, 0.717) is 18.9 Å². The maximum atomic E-state index is 11.0. The standard InChI is InChI=1S/C13H22O2/c1-3-5-6-11-7-8-12(9-11)10-15-13(14)4-2/h5-6,11-12H,3-4,7-10H2,1-2H3. The lowest BCUT2D eigenvalue weighted by Crippen LogP contribution is -2.11. The van der Waals surface area contributed by atoms with Crippen LogP contribution in [-0.2, 0) is 9.53 Å². The number of carbonyl (C=O) groups excluding carboxylic acids is 1. The largest absolute Gasteiger partial charge is 0.465 e. The van der Waals surface area contributed by atoms with Crippen LogP contribution >= 0.6 is 0 Å². The SMILES string of the molecule is CCC=CC1CCC(COC(=O)CC)C1. The molecule has 1 aliphatic carbocycles. The van der Waals surface area contributed by atoms with Gasteiger partial charge in [0.2, 0.25) is 0 Å². The maximum Gasteiger partial charge on any atom is 0.305 e. The molecular weight excluding hydrogens is 188 g/mol. The van der Waals surface area contributed by atoms with Gasteiger partial charge in [0.25, 0.3) is 0 Å². The van der Waals surface area contributed by atoms with Crippen molar-refractivity contribution >= 4 is 5.97 Å². The normalized spacial score (nSPS) is 26.0. The zero-order chi connectivity index (χ0) is 11.1. The van der Waals surface area contributed by atoms with Crippen LogP contribution in [0, 0.1) is 11.8 Å². The van der Waals surface area contributed by atoms with Gasteiger partial charge < -0.3 is 4.74 Å². The van der Waals surface area contributed by atoms with E-state index in [-0.39, 0.29) is 5.97 Å². The maximum absolute atomic E-state index is 11.0. The second-order valence-corrected chi connectivity index (χ2v) is 4.31. The zero-order valence-electron chi connectivity index (χ0n) is 9.87. The molecule has 2 atom stereocenters. The first-order valence-electron chi connectivity index (χ1n) is 6.08. The molecule has 0 heterocycles. The van der Waals surface area contributed by atoms with E-state index in [0.717, 1.165) is 12.3 Å². The van der Waals surface area contributed by atoms with Crippen molar-refractivity contribution in [3.05, 3.63) is 12.2 Å². The number of allylic oxidation sites excluding steroid dienone is 2. The van der Waals surface area contributed by atoms with Gasteiger partial charge in [-0.2, -0.15) is 0 Å². The molecule has 1 fully saturated rings. The monoisotopic (exact) mass is 210 g/mol. The Morgan fingerprint density at radius 1 is 1.40 bits per heavy atom. The summed E-state index contributed by atoms with van der Waals surface area (Å²) in [5, 5.41) is 0. The average molecular weight is 210 g/mol. The van der Waals surface area contributed by atoms with Crippen LogP contribution in [0.4, 0.5) is 0 Å². The third kappa shape index (κ3) is 4.50. The molecule has 0 bridgehead atoms. The fourth-order valence-corrected chi connectivity index (χ4v) is 2.08. The molecule has 2 nitrogen and oxygen atoms in total. The highest BCUT2D eigenvalue weighted by molar-refractivity contribution is 5.68. The first-order chi connectivity index (χ1) is 7.26. The van der Waals surface area contributed by atoms with Crippen LogP contribution in [0.1, 0.15) is 46.0 Å². The van der Waals surface area contributed by atoms with Crippen LogP contribution in [0.3, 0.4) is 0 Å². The smallest absolute Gasteiger partial charge is 0.305 e. The number of hydrogen-bond donors (Lipinski definition) is 0. The lowest BCUT2D eigenvalue weighted by Gasteiger charge is -2.09. The van der Waals surface area contributed by atoms with E-state index in [2.05, 4.69) is 19.1 Å². The Hall–Kier alpha value is -0.790. The van der Waals surface area contributed by atoms with Crippen LogP contribution in [-0.4, -0.2) is 12.6 Å². The summed E-state index contributed by atoms with van der Waals surface area (Å²) in [7, 11) is 0. The minimum absolute atomic E-state index is 0.0671. The van der Waals surface area contributed by atoms with Crippen molar-refractivity contribution in [2.24, 2.45) is 11.8 Å². The fraction of sp³-hybridized carbons (Fsp3) is 0.769. The van der Waals surface area contributed by atoms with Crippen molar-refractivity contribution < 1.29 is 9.53 Å². The molecule has 0 saturated heterocycles. The quantitative estimate of drug-likeness (QED) is 0.514. The summed E-state index contributed by atoms with van der Waals surface area (Å²) in [6.45, 7) is 4.62. The molecule has 1 saturated carbocycles. The molecule has 0 aromatic carbocycles. The summed E-state index contributed by atoms with van der Waals surface area (Å²) in [5.74, 6) is 1.24. The highest BCUT2D eigenvalue weighted by atomic mass is 16.5. The van der Waals surface area contributed by atoms with Gasteiger partial charge in [0.15, 0.2) is 0 Å². The topological polar surface area (TPSA) is 26.3 Å². The third-order valence-corrected chi connectivity index (χ3v) is 2.99. The predicted molar refractivity (Wildman–Crippen MR) is 61.5 cm³/mol. The van der Waals surface area contributed by atoms with Gasteiger partial charge in [-0.1, -0.05) is 26.0 Å². The van der Waals surface area contributed by atoms with Crippen molar-refractivity contribution in [1.82, 2.24) is 0 Å². The molecular formula is C13H22O2. The van der Waals surface area contributed by atoms with Crippen molar-refractivity contribution in [3.63, 3.8) is 0 Å². The summed E-state index contributed by atoms with van der Waals surface area (Å²) < 4.78 is 5.16. The molecule has 2 unspecified atom stereocenters. The highest BCUT2D eigenvalue weighted by Crippen LogP contribution is 2.32. The Kier molecular flexibility index (Phi) is 5.44.